The molecule has 0 aromatic heterocycles. The Morgan fingerprint density at radius 2 is 2.00 bits per heavy atom. The van der Waals surface area contributed by atoms with Gasteiger partial charge >= 0.3 is 0 Å². The summed E-state index contributed by atoms with van der Waals surface area (Å²) in [4.78, 5) is 22.1. The zero-order chi connectivity index (χ0) is 17.0. The minimum absolute atomic E-state index is 0.00910. The molecule has 0 bridgehead atoms. The molecule has 2 N–H and O–H groups in total. The SMILES string of the molecule is CNS(=O)(=O)c1cccc(NC(=O)c2cc[c]c([N+](=O)[O-])c2)c1. The number of benzene rings is 2. The number of hydrogen-bond acceptors (Lipinski definition) is 5. The molecule has 2 aromatic carbocycles. The summed E-state index contributed by atoms with van der Waals surface area (Å²) in [6, 6.07) is 11.8. The van der Waals surface area contributed by atoms with Crippen molar-refractivity contribution in [3.8, 4) is 0 Å². The zero-order valence-corrected chi connectivity index (χ0v) is 12.8. The lowest BCUT2D eigenvalue weighted by atomic mass is 10.2. The number of non-ortho nitro benzene ring substituents is 1. The number of rotatable bonds is 5. The number of sulfonamides is 1. The number of nitrogens with zero attached hydrogens (tertiary/aromatic N) is 1. The van der Waals surface area contributed by atoms with Gasteiger partial charge in [-0.2, -0.15) is 0 Å². The van der Waals surface area contributed by atoms with Gasteiger partial charge in [0.1, 0.15) is 0 Å². The van der Waals surface area contributed by atoms with Crippen LogP contribution in [0.2, 0.25) is 0 Å². The van der Waals surface area contributed by atoms with Crippen LogP contribution in [0.15, 0.2) is 47.4 Å². The number of carbonyl (C=O) groups excluding carboxylic acids is 1. The number of nitro groups is 1. The molecule has 2 rings (SSSR count). The molecule has 0 saturated carbocycles. The number of anilines is 1. The van der Waals surface area contributed by atoms with E-state index in [9.17, 15) is 23.3 Å². The third-order valence-electron chi connectivity index (χ3n) is 2.92. The molecule has 0 fully saturated rings. The van der Waals surface area contributed by atoms with E-state index in [-0.39, 0.29) is 21.8 Å². The predicted molar refractivity (Wildman–Crippen MR) is 82.6 cm³/mol. The summed E-state index contributed by atoms with van der Waals surface area (Å²) in [5, 5.41) is 13.2. The topological polar surface area (TPSA) is 118 Å². The maximum Gasteiger partial charge on any atom is 0.278 e. The van der Waals surface area contributed by atoms with Crippen LogP contribution >= 0.6 is 0 Å². The van der Waals surface area contributed by atoms with E-state index in [0.29, 0.717) is 0 Å². The van der Waals surface area contributed by atoms with Gasteiger partial charge in [0.2, 0.25) is 10.0 Å². The lowest BCUT2D eigenvalue weighted by Gasteiger charge is -2.07. The van der Waals surface area contributed by atoms with E-state index in [1.165, 1.54) is 43.4 Å². The third-order valence-corrected chi connectivity index (χ3v) is 4.33. The molecule has 23 heavy (non-hydrogen) atoms. The molecule has 0 heterocycles. The highest BCUT2D eigenvalue weighted by Crippen LogP contribution is 2.17. The van der Waals surface area contributed by atoms with Gasteiger partial charge in [0.15, 0.2) is 0 Å². The van der Waals surface area contributed by atoms with Gasteiger partial charge in [0, 0.05) is 17.3 Å². The monoisotopic (exact) mass is 334 g/mol. The Hall–Kier alpha value is -2.78. The van der Waals surface area contributed by atoms with Crippen molar-refractivity contribution in [3.05, 3.63) is 64.2 Å². The number of nitrogens with one attached hydrogen (secondary N) is 2. The largest absolute Gasteiger partial charge is 0.322 e. The van der Waals surface area contributed by atoms with Crippen molar-refractivity contribution in [1.82, 2.24) is 4.72 Å². The minimum Gasteiger partial charge on any atom is -0.322 e. The van der Waals surface area contributed by atoms with Crippen LogP contribution in [-0.2, 0) is 10.0 Å². The van der Waals surface area contributed by atoms with Crippen LogP contribution in [-0.4, -0.2) is 26.3 Å². The highest BCUT2D eigenvalue weighted by atomic mass is 32.2. The molecular weight excluding hydrogens is 322 g/mol. The quantitative estimate of drug-likeness (QED) is 0.635. The van der Waals surface area contributed by atoms with Crippen molar-refractivity contribution in [2.45, 2.75) is 4.90 Å². The Morgan fingerprint density at radius 1 is 1.26 bits per heavy atom. The van der Waals surface area contributed by atoms with E-state index in [0.717, 1.165) is 6.07 Å². The van der Waals surface area contributed by atoms with Gasteiger partial charge < -0.3 is 5.32 Å². The van der Waals surface area contributed by atoms with Crippen molar-refractivity contribution in [3.63, 3.8) is 0 Å². The lowest BCUT2D eigenvalue weighted by Crippen LogP contribution is -2.19. The van der Waals surface area contributed by atoms with Crippen LogP contribution in [0.1, 0.15) is 10.4 Å². The van der Waals surface area contributed by atoms with Crippen LogP contribution in [0.25, 0.3) is 0 Å². The van der Waals surface area contributed by atoms with Gasteiger partial charge in [-0.05, 0) is 37.4 Å². The second-order valence-electron chi connectivity index (χ2n) is 4.41. The van der Waals surface area contributed by atoms with Crippen molar-refractivity contribution >= 4 is 27.3 Å². The van der Waals surface area contributed by atoms with Gasteiger partial charge in [-0.1, -0.05) is 6.07 Å². The summed E-state index contributed by atoms with van der Waals surface area (Å²) in [5.74, 6) is -0.596. The number of hydrogen-bond donors (Lipinski definition) is 2. The van der Waals surface area contributed by atoms with Crippen LogP contribution in [0, 0.1) is 16.2 Å². The molecule has 1 amide bonds. The molecule has 1 radical (unpaired) electrons. The second-order valence-corrected chi connectivity index (χ2v) is 6.30. The van der Waals surface area contributed by atoms with Crippen molar-refractivity contribution in [1.29, 1.82) is 0 Å². The van der Waals surface area contributed by atoms with E-state index < -0.39 is 20.9 Å². The average Bonchev–Trinajstić information content (AvgIpc) is 2.55. The minimum atomic E-state index is -3.63. The Morgan fingerprint density at radius 3 is 2.65 bits per heavy atom. The number of carbonyl (C=O) groups is 1. The molecule has 0 spiro atoms. The van der Waals surface area contributed by atoms with Crippen LogP contribution in [0.3, 0.4) is 0 Å². The average molecular weight is 334 g/mol. The molecule has 0 atom stereocenters. The smallest absolute Gasteiger partial charge is 0.278 e. The summed E-state index contributed by atoms with van der Waals surface area (Å²) in [6.07, 6.45) is 0. The first-order valence-electron chi connectivity index (χ1n) is 6.34. The summed E-state index contributed by atoms with van der Waals surface area (Å²) in [7, 11) is -2.36. The maximum atomic E-state index is 12.1. The molecule has 119 valence electrons. The number of nitro benzene ring substituents is 1. The summed E-state index contributed by atoms with van der Waals surface area (Å²) in [5.41, 5.74) is -0.0108. The Kier molecular flexibility index (Phi) is 4.72. The van der Waals surface area contributed by atoms with Gasteiger partial charge in [-0.3, -0.25) is 14.9 Å². The van der Waals surface area contributed by atoms with Crippen molar-refractivity contribution in [2.24, 2.45) is 0 Å². The molecule has 8 nitrogen and oxygen atoms in total. The zero-order valence-electron chi connectivity index (χ0n) is 11.9. The first-order chi connectivity index (χ1) is 10.8. The molecule has 0 saturated heterocycles. The van der Waals surface area contributed by atoms with Gasteiger partial charge in [-0.25, -0.2) is 13.1 Å². The summed E-state index contributed by atoms with van der Waals surface area (Å²) >= 11 is 0. The van der Waals surface area contributed by atoms with Crippen LogP contribution in [0.5, 0.6) is 0 Å². The van der Waals surface area contributed by atoms with Gasteiger partial charge in [0.25, 0.3) is 11.6 Å². The van der Waals surface area contributed by atoms with Gasteiger partial charge in [0.05, 0.1) is 15.9 Å². The molecular formula is C14H12N3O5S. The Labute approximate surface area is 132 Å². The molecule has 2 aromatic rings. The second kappa shape index (κ2) is 6.55. The molecule has 0 aliphatic heterocycles. The van der Waals surface area contributed by atoms with E-state index in [1.807, 2.05) is 0 Å². The van der Waals surface area contributed by atoms with Crippen molar-refractivity contribution < 1.29 is 18.1 Å². The lowest BCUT2D eigenvalue weighted by molar-refractivity contribution is -0.385. The first kappa shape index (κ1) is 16.6. The molecule has 0 aliphatic rings. The van der Waals surface area contributed by atoms with E-state index in [2.05, 4.69) is 16.1 Å². The Bertz CT molecular complexity index is 864. The van der Waals surface area contributed by atoms with Crippen LogP contribution < -0.4 is 10.0 Å². The van der Waals surface area contributed by atoms with Crippen molar-refractivity contribution in [2.75, 3.05) is 12.4 Å². The predicted octanol–water partition coefficient (Wildman–Crippen LogP) is 1.56. The van der Waals surface area contributed by atoms with E-state index in [1.54, 1.807) is 0 Å². The Balaban J connectivity index is 2.26. The molecule has 0 unspecified atom stereocenters. The fraction of sp³-hybridized carbons (Fsp3) is 0.0714. The summed E-state index contributed by atoms with van der Waals surface area (Å²) < 4.78 is 25.6. The molecule has 9 heteroatoms. The van der Waals surface area contributed by atoms with Crippen LogP contribution in [0.4, 0.5) is 11.4 Å². The van der Waals surface area contributed by atoms with Gasteiger partial charge in [-0.15, -0.1) is 0 Å². The normalized spacial score (nSPS) is 11.0. The highest BCUT2D eigenvalue weighted by Gasteiger charge is 2.14. The molecule has 0 aliphatic carbocycles. The van der Waals surface area contributed by atoms with E-state index in [4.69, 9.17) is 0 Å². The maximum absolute atomic E-state index is 12.1. The fourth-order valence-electron chi connectivity index (χ4n) is 1.76. The third kappa shape index (κ3) is 3.90. The standard InChI is InChI=1S/C14H12N3O5S/c1-15-23(21,22)13-7-3-5-11(9-13)16-14(18)10-4-2-6-12(8-10)17(19)20/h2-5,7-9,15H,1H3,(H,16,18). The van der Waals surface area contributed by atoms with E-state index >= 15 is 0 Å². The first-order valence-corrected chi connectivity index (χ1v) is 7.83. The summed E-state index contributed by atoms with van der Waals surface area (Å²) in [6.45, 7) is 0. The fourth-order valence-corrected chi connectivity index (χ4v) is 2.54. The number of amides is 1. The highest BCUT2D eigenvalue weighted by molar-refractivity contribution is 7.89.